The summed E-state index contributed by atoms with van der Waals surface area (Å²) in [6.07, 6.45) is -0.467. The van der Waals surface area contributed by atoms with Crippen molar-refractivity contribution < 1.29 is 9.53 Å². The normalized spacial score (nSPS) is 16.7. The quantitative estimate of drug-likeness (QED) is 0.792. The van der Waals surface area contributed by atoms with Gasteiger partial charge >= 0.3 is 0 Å². The predicted octanol–water partition coefficient (Wildman–Crippen LogP) is 3.82. The van der Waals surface area contributed by atoms with Crippen molar-refractivity contribution in [1.82, 2.24) is 9.80 Å². The van der Waals surface area contributed by atoms with Crippen LogP contribution in [0.4, 0.5) is 0 Å². The zero-order chi connectivity index (χ0) is 17.8. The molecule has 2 aromatic rings. The Labute approximate surface area is 158 Å². The molecule has 1 aliphatic heterocycles. The van der Waals surface area contributed by atoms with Gasteiger partial charge in [-0.05, 0) is 38.1 Å². The van der Waals surface area contributed by atoms with Crippen molar-refractivity contribution in [2.24, 2.45) is 0 Å². The van der Waals surface area contributed by atoms with Gasteiger partial charge in [-0.3, -0.25) is 9.69 Å². The second kappa shape index (κ2) is 8.21. The molecule has 134 valence electrons. The number of carbonyl (C=O) groups is 1. The van der Waals surface area contributed by atoms with Gasteiger partial charge in [0.2, 0.25) is 0 Å². The summed E-state index contributed by atoms with van der Waals surface area (Å²) in [5.41, 5.74) is 1.18. The van der Waals surface area contributed by atoms with Crippen molar-refractivity contribution in [2.75, 3.05) is 26.2 Å². The van der Waals surface area contributed by atoms with Gasteiger partial charge in [0, 0.05) is 37.6 Å². The van der Waals surface area contributed by atoms with Crippen LogP contribution >= 0.6 is 22.9 Å². The van der Waals surface area contributed by atoms with Crippen molar-refractivity contribution in [3.05, 3.63) is 51.2 Å². The maximum absolute atomic E-state index is 12.6. The number of piperazine rings is 1. The number of rotatable bonds is 5. The van der Waals surface area contributed by atoms with Crippen LogP contribution in [-0.2, 0) is 11.3 Å². The molecule has 0 spiro atoms. The lowest BCUT2D eigenvalue weighted by molar-refractivity contribution is -0.139. The summed E-state index contributed by atoms with van der Waals surface area (Å²) in [7, 11) is 0. The molecule has 1 atom stereocenters. The molecule has 3 rings (SSSR count). The fourth-order valence-corrected chi connectivity index (χ4v) is 4.04. The largest absolute Gasteiger partial charge is 0.481 e. The van der Waals surface area contributed by atoms with Gasteiger partial charge in [0.25, 0.3) is 5.91 Å². The van der Waals surface area contributed by atoms with Crippen LogP contribution in [-0.4, -0.2) is 48.0 Å². The minimum atomic E-state index is -0.467. The molecule has 0 bridgehead atoms. The van der Waals surface area contributed by atoms with Gasteiger partial charge in [-0.2, -0.15) is 0 Å². The van der Waals surface area contributed by atoms with Gasteiger partial charge in [-0.15, -0.1) is 11.3 Å². The molecule has 0 aliphatic carbocycles. The monoisotopic (exact) mass is 378 g/mol. The number of aryl methyl sites for hydroxylation is 1. The second-order valence-electron chi connectivity index (χ2n) is 6.38. The Morgan fingerprint density at radius 3 is 2.44 bits per heavy atom. The van der Waals surface area contributed by atoms with E-state index in [4.69, 9.17) is 16.3 Å². The minimum absolute atomic E-state index is 0.0550. The average molecular weight is 379 g/mol. The Kier molecular flexibility index (Phi) is 5.99. The van der Waals surface area contributed by atoms with Crippen molar-refractivity contribution in [3.63, 3.8) is 0 Å². The van der Waals surface area contributed by atoms with E-state index in [1.54, 1.807) is 11.3 Å². The number of amides is 1. The van der Waals surface area contributed by atoms with Crippen LogP contribution in [0.2, 0.25) is 4.34 Å². The van der Waals surface area contributed by atoms with Crippen LogP contribution in [0.3, 0.4) is 0 Å². The average Bonchev–Trinajstić information content (AvgIpc) is 3.02. The van der Waals surface area contributed by atoms with Crippen molar-refractivity contribution in [1.29, 1.82) is 0 Å². The fourth-order valence-electron chi connectivity index (χ4n) is 2.91. The number of thiophene rings is 1. The molecule has 25 heavy (non-hydrogen) atoms. The molecule has 0 radical (unpaired) electrons. The highest BCUT2D eigenvalue weighted by Gasteiger charge is 2.26. The van der Waals surface area contributed by atoms with Gasteiger partial charge in [-0.1, -0.05) is 29.3 Å². The van der Waals surface area contributed by atoms with E-state index in [0.29, 0.717) is 0 Å². The third kappa shape index (κ3) is 4.97. The zero-order valence-corrected chi connectivity index (χ0v) is 16.1. The van der Waals surface area contributed by atoms with Gasteiger partial charge in [-0.25, -0.2) is 0 Å². The number of nitrogens with zero attached hydrogens (tertiary/aromatic N) is 2. The standard InChI is InChI=1S/C19H23ClN2O2S/c1-14-3-5-16(6-4-14)24-15(2)19(23)22-11-9-21(10-12-22)13-17-7-8-18(20)25-17/h3-8,15H,9-13H2,1-2H3. The van der Waals surface area contributed by atoms with Crippen LogP contribution in [0.5, 0.6) is 5.75 Å². The molecule has 6 heteroatoms. The molecule has 1 amide bonds. The van der Waals surface area contributed by atoms with E-state index in [2.05, 4.69) is 11.0 Å². The van der Waals surface area contributed by atoms with E-state index in [9.17, 15) is 4.79 Å². The van der Waals surface area contributed by atoms with Crippen LogP contribution < -0.4 is 4.74 Å². The number of hydrogen-bond acceptors (Lipinski definition) is 4. The van der Waals surface area contributed by atoms with Crippen LogP contribution in [0.15, 0.2) is 36.4 Å². The first-order valence-electron chi connectivity index (χ1n) is 8.50. The summed E-state index contributed by atoms with van der Waals surface area (Å²) >= 11 is 7.60. The molecule has 0 saturated carbocycles. The topological polar surface area (TPSA) is 32.8 Å². The number of ether oxygens (including phenoxy) is 1. The van der Waals surface area contributed by atoms with Crippen LogP contribution in [0, 0.1) is 6.92 Å². The molecule has 1 aromatic carbocycles. The Hall–Kier alpha value is -1.56. The number of halogens is 1. The summed E-state index contributed by atoms with van der Waals surface area (Å²) in [4.78, 5) is 18.1. The Morgan fingerprint density at radius 1 is 1.16 bits per heavy atom. The van der Waals surface area contributed by atoms with Crippen LogP contribution in [0.1, 0.15) is 17.4 Å². The lowest BCUT2D eigenvalue weighted by atomic mass is 10.2. The Morgan fingerprint density at radius 2 is 1.84 bits per heavy atom. The van der Waals surface area contributed by atoms with Gasteiger partial charge in [0.1, 0.15) is 5.75 Å². The smallest absolute Gasteiger partial charge is 0.263 e. The summed E-state index contributed by atoms with van der Waals surface area (Å²) < 4.78 is 6.62. The molecule has 1 saturated heterocycles. The fraction of sp³-hybridized carbons (Fsp3) is 0.421. The maximum atomic E-state index is 12.6. The van der Waals surface area contributed by atoms with Crippen molar-refractivity contribution in [2.45, 2.75) is 26.5 Å². The van der Waals surface area contributed by atoms with E-state index in [1.165, 1.54) is 10.4 Å². The van der Waals surface area contributed by atoms with Gasteiger partial charge in [0.15, 0.2) is 6.10 Å². The third-order valence-electron chi connectivity index (χ3n) is 4.37. The third-order valence-corrected chi connectivity index (χ3v) is 5.59. The predicted molar refractivity (Wildman–Crippen MR) is 102 cm³/mol. The highest BCUT2D eigenvalue weighted by molar-refractivity contribution is 7.16. The molecule has 1 aromatic heterocycles. The molecular weight excluding hydrogens is 356 g/mol. The van der Waals surface area contributed by atoms with Gasteiger partial charge < -0.3 is 9.64 Å². The molecule has 1 aliphatic rings. The molecule has 4 nitrogen and oxygen atoms in total. The summed E-state index contributed by atoms with van der Waals surface area (Å²) in [6, 6.07) is 11.8. The number of carbonyl (C=O) groups excluding carboxylic acids is 1. The van der Waals surface area contributed by atoms with E-state index in [0.717, 1.165) is 42.8 Å². The summed E-state index contributed by atoms with van der Waals surface area (Å²) in [6.45, 7) is 7.97. The molecular formula is C19H23ClN2O2S. The SMILES string of the molecule is Cc1ccc(OC(C)C(=O)N2CCN(Cc3ccc(Cl)s3)CC2)cc1. The summed E-state index contributed by atoms with van der Waals surface area (Å²) in [5.74, 6) is 0.791. The highest BCUT2D eigenvalue weighted by atomic mass is 35.5. The Balaban J connectivity index is 1.48. The first kappa shape index (κ1) is 18.2. The zero-order valence-electron chi connectivity index (χ0n) is 14.6. The van der Waals surface area contributed by atoms with Crippen LogP contribution in [0.25, 0.3) is 0 Å². The second-order valence-corrected chi connectivity index (χ2v) is 8.18. The van der Waals surface area contributed by atoms with E-state index in [-0.39, 0.29) is 5.91 Å². The lowest BCUT2D eigenvalue weighted by Crippen LogP contribution is -2.51. The van der Waals surface area contributed by atoms with Crippen molar-refractivity contribution in [3.8, 4) is 5.75 Å². The lowest BCUT2D eigenvalue weighted by Gasteiger charge is -2.35. The summed E-state index contributed by atoms with van der Waals surface area (Å²) in [5, 5.41) is 0. The first-order valence-corrected chi connectivity index (χ1v) is 9.69. The first-order chi connectivity index (χ1) is 12.0. The molecule has 1 unspecified atom stereocenters. The minimum Gasteiger partial charge on any atom is -0.481 e. The number of hydrogen-bond donors (Lipinski definition) is 0. The highest BCUT2D eigenvalue weighted by Crippen LogP contribution is 2.23. The molecule has 1 fully saturated rings. The van der Waals surface area contributed by atoms with E-state index < -0.39 is 6.10 Å². The molecule has 0 N–H and O–H groups in total. The van der Waals surface area contributed by atoms with E-state index >= 15 is 0 Å². The van der Waals surface area contributed by atoms with Gasteiger partial charge in [0.05, 0.1) is 4.34 Å². The maximum Gasteiger partial charge on any atom is 0.263 e. The van der Waals surface area contributed by atoms with E-state index in [1.807, 2.05) is 49.1 Å². The Bertz CT molecular complexity index is 708. The molecule has 2 heterocycles. The van der Waals surface area contributed by atoms with Crippen molar-refractivity contribution >= 4 is 28.8 Å². The number of benzene rings is 1.